The number of carbonyl (C=O) groups excluding carboxylic acids is 1. The van der Waals surface area contributed by atoms with Gasteiger partial charge in [0.2, 0.25) is 15.9 Å². The van der Waals surface area contributed by atoms with Crippen LogP contribution in [0.1, 0.15) is 10.4 Å². The fourth-order valence-electron chi connectivity index (χ4n) is 5.34. The monoisotopic (exact) mass is 631 g/mol. The van der Waals surface area contributed by atoms with E-state index in [0.29, 0.717) is 55.9 Å². The maximum absolute atomic E-state index is 14.6. The molecule has 0 radical (unpaired) electrons. The van der Waals surface area contributed by atoms with E-state index < -0.39 is 22.5 Å². The third-order valence-corrected chi connectivity index (χ3v) is 8.73. The zero-order valence-electron chi connectivity index (χ0n) is 23.4. The van der Waals surface area contributed by atoms with Gasteiger partial charge in [-0.15, -0.1) is 0 Å². The molecule has 14 heteroatoms. The maximum atomic E-state index is 14.6. The average molecular weight is 632 g/mol. The largest absolute Gasteiger partial charge is 0.455 e. The molecule has 10 nitrogen and oxygen atoms in total. The first kappa shape index (κ1) is 28.3. The lowest BCUT2D eigenvalue weighted by Gasteiger charge is -2.20. The van der Waals surface area contributed by atoms with Crippen LogP contribution in [0.5, 0.6) is 5.88 Å². The Morgan fingerprint density at radius 1 is 1.02 bits per heavy atom. The third-order valence-electron chi connectivity index (χ3n) is 7.54. The lowest BCUT2D eigenvalue weighted by molar-refractivity contribution is -0.0528. The summed E-state index contributed by atoms with van der Waals surface area (Å²) in [6, 6.07) is 15.5. The minimum absolute atomic E-state index is 0.0977. The molecule has 5 heterocycles. The number of halogens is 3. The Morgan fingerprint density at radius 2 is 1.84 bits per heavy atom. The Labute approximate surface area is 252 Å². The van der Waals surface area contributed by atoms with E-state index in [0.717, 1.165) is 10.6 Å². The fraction of sp³-hybridized carbons (Fsp3) is 0.0968. The quantitative estimate of drug-likeness (QED) is 0.184. The van der Waals surface area contributed by atoms with Gasteiger partial charge in [-0.05, 0) is 42.5 Å². The van der Waals surface area contributed by atoms with Gasteiger partial charge in [0.15, 0.2) is 6.29 Å². The zero-order valence-corrected chi connectivity index (χ0v) is 24.2. The van der Waals surface area contributed by atoms with E-state index in [2.05, 4.69) is 14.7 Å². The summed E-state index contributed by atoms with van der Waals surface area (Å²) in [5.74, 6) is -0.617. The number of furan rings is 1. The third kappa shape index (κ3) is 4.70. The Bertz CT molecular complexity index is 2430. The molecule has 5 aromatic heterocycles. The van der Waals surface area contributed by atoms with Crippen molar-refractivity contribution in [2.45, 2.75) is 6.61 Å². The van der Waals surface area contributed by atoms with Crippen LogP contribution in [-0.2, 0) is 10.0 Å². The second kappa shape index (κ2) is 10.3. The normalized spacial score (nSPS) is 12.1. The number of alkyl halides is 2. The number of hydrogen-bond donors (Lipinski definition) is 0. The molecule has 0 bridgehead atoms. The van der Waals surface area contributed by atoms with Crippen LogP contribution in [0.3, 0.4) is 0 Å². The molecule has 0 aliphatic rings. The minimum Gasteiger partial charge on any atom is -0.455 e. The van der Waals surface area contributed by atoms with E-state index in [1.54, 1.807) is 47.1 Å². The number of rotatable bonds is 7. The average Bonchev–Trinajstić information content (AvgIpc) is 3.58. The van der Waals surface area contributed by atoms with E-state index in [1.807, 2.05) is 0 Å². The lowest BCUT2D eigenvalue weighted by atomic mass is 10.0. The van der Waals surface area contributed by atoms with Gasteiger partial charge in [-0.1, -0.05) is 6.07 Å². The molecular formula is C31H20F3N5O5S. The summed E-state index contributed by atoms with van der Waals surface area (Å²) in [4.78, 5) is 25.6. The Kier molecular flexibility index (Phi) is 6.47. The molecule has 0 saturated carbocycles. The maximum Gasteiger partial charge on any atom is 0.388 e. The van der Waals surface area contributed by atoms with Crippen LogP contribution in [-0.4, -0.2) is 54.0 Å². The van der Waals surface area contributed by atoms with Gasteiger partial charge in [0.25, 0.3) is 0 Å². The number of benzene rings is 2. The van der Waals surface area contributed by atoms with Gasteiger partial charge in [-0.25, -0.2) is 27.8 Å². The van der Waals surface area contributed by atoms with Crippen molar-refractivity contribution in [1.29, 1.82) is 0 Å². The highest BCUT2D eigenvalue weighted by atomic mass is 32.2. The Morgan fingerprint density at radius 3 is 2.56 bits per heavy atom. The van der Waals surface area contributed by atoms with Gasteiger partial charge >= 0.3 is 6.61 Å². The predicted octanol–water partition coefficient (Wildman–Crippen LogP) is 6.46. The molecule has 7 rings (SSSR count). The smallest absolute Gasteiger partial charge is 0.388 e. The van der Waals surface area contributed by atoms with E-state index in [4.69, 9.17) is 9.40 Å². The number of fused-ring (bicyclic) bond motifs is 6. The van der Waals surface area contributed by atoms with E-state index in [-0.39, 0.29) is 28.5 Å². The molecule has 0 atom stereocenters. The van der Waals surface area contributed by atoms with Gasteiger partial charge in [-0.3, -0.25) is 13.5 Å². The summed E-state index contributed by atoms with van der Waals surface area (Å²) >= 11 is 0. The first-order chi connectivity index (χ1) is 21.5. The number of pyridine rings is 2. The van der Waals surface area contributed by atoms with Gasteiger partial charge in [0, 0.05) is 47.3 Å². The molecule has 0 aliphatic carbocycles. The van der Waals surface area contributed by atoms with Crippen molar-refractivity contribution in [3.8, 4) is 28.5 Å². The Hall–Kier alpha value is -5.50. The lowest BCUT2D eigenvalue weighted by Crippen LogP contribution is -2.25. The SMILES string of the molecule is CN(c1cc2oc(-c3ccc(OC(F)F)nc3)c(C=O)c2cc1-c1ccc2ncn3c4cccc(F)c4cc3c2n1)S(C)(=O)=O. The van der Waals surface area contributed by atoms with Gasteiger partial charge < -0.3 is 9.15 Å². The first-order valence-corrected chi connectivity index (χ1v) is 15.1. The van der Waals surface area contributed by atoms with Crippen LogP contribution in [0.2, 0.25) is 0 Å². The highest BCUT2D eigenvalue weighted by Crippen LogP contribution is 2.41. The summed E-state index contributed by atoms with van der Waals surface area (Å²) in [6.45, 7) is -3.06. The Balaban J connectivity index is 1.46. The van der Waals surface area contributed by atoms with E-state index in [9.17, 15) is 26.4 Å². The van der Waals surface area contributed by atoms with E-state index >= 15 is 0 Å². The predicted molar refractivity (Wildman–Crippen MR) is 162 cm³/mol. The van der Waals surface area contributed by atoms with Crippen molar-refractivity contribution < 1.29 is 35.5 Å². The number of hydrogen-bond acceptors (Lipinski definition) is 8. The highest BCUT2D eigenvalue weighted by Gasteiger charge is 2.24. The topological polar surface area (TPSA) is 120 Å². The number of ether oxygens (including phenoxy) is 1. The number of carbonyl (C=O) groups is 1. The number of aromatic nitrogens is 4. The number of nitrogens with zero attached hydrogens (tertiary/aromatic N) is 5. The molecule has 226 valence electrons. The summed E-state index contributed by atoms with van der Waals surface area (Å²) in [7, 11) is -2.40. The molecule has 7 aromatic rings. The van der Waals surface area contributed by atoms with Crippen LogP contribution < -0.4 is 9.04 Å². The summed E-state index contributed by atoms with van der Waals surface area (Å²) < 4.78 is 78.4. The molecule has 0 spiro atoms. The van der Waals surface area contributed by atoms with Crippen LogP contribution >= 0.6 is 0 Å². The highest BCUT2D eigenvalue weighted by molar-refractivity contribution is 7.92. The molecule has 0 unspecified atom stereocenters. The second-order valence-corrected chi connectivity index (χ2v) is 12.2. The van der Waals surface area contributed by atoms with Crippen molar-refractivity contribution in [3.05, 3.63) is 84.6 Å². The number of sulfonamides is 1. The van der Waals surface area contributed by atoms with E-state index in [1.165, 1.54) is 37.5 Å². The number of aldehydes is 1. The molecule has 0 aliphatic heterocycles. The van der Waals surface area contributed by atoms with Crippen molar-refractivity contribution >= 4 is 60.4 Å². The van der Waals surface area contributed by atoms with Gasteiger partial charge in [0.1, 0.15) is 29.0 Å². The van der Waals surface area contributed by atoms with Crippen molar-refractivity contribution in [3.63, 3.8) is 0 Å². The zero-order chi connectivity index (χ0) is 31.6. The molecular weight excluding hydrogens is 611 g/mol. The van der Waals surface area contributed by atoms with Crippen LogP contribution in [0.25, 0.3) is 61.0 Å². The molecule has 0 N–H and O–H groups in total. The summed E-state index contributed by atoms with van der Waals surface area (Å²) in [6.07, 6.45) is 4.43. The van der Waals surface area contributed by atoms with Crippen molar-refractivity contribution in [1.82, 2.24) is 19.4 Å². The van der Waals surface area contributed by atoms with Crippen LogP contribution in [0.15, 0.2) is 77.6 Å². The molecule has 45 heavy (non-hydrogen) atoms. The van der Waals surface area contributed by atoms with Gasteiger partial charge in [0.05, 0.1) is 39.8 Å². The van der Waals surface area contributed by atoms with Gasteiger partial charge in [-0.2, -0.15) is 8.78 Å². The fourth-order valence-corrected chi connectivity index (χ4v) is 5.85. The number of anilines is 1. The first-order valence-electron chi connectivity index (χ1n) is 13.3. The van der Waals surface area contributed by atoms with Crippen LogP contribution in [0.4, 0.5) is 18.9 Å². The minimum atomic E-state index is -3.78. The standard InChI is InChI=1S/C31H20F3N5O5S/c1-38(45(2,41)42)25-12-27-17(20(14-40)30(43-27)16-6-9-28(35-13-16)44-31(33)34)10-19(25)22-7-8-23-29(37-22)26-11-18-21(32)4-3-5-24(18)39(26)15-36-23/h3-15,31H,1-2H3. The molecule has 0 saturated heterocycles. The molecule has 0 fully saturated rings. The molecule has 2 aromatic carbocycles. The second-order valence-electron chi connectivity index (χ2n) is 10.2. The van der Waals surface area contributed by atoms with Crippen molar-refractivity contribution in [2.75, 3.05) is 17.6 Å². The van der Waals surface area contributed by atoms with Crippen molar-refractivity contribution in [2.24, 2.45) is 0 Å². The summed E-state index contributed by atoms with van der Waals surface area (Å²) in [5, 5.41) is 0.741. The molecule has 0 amide bonds. The van der Waals surface area contributed by atoms with Crippen LogP contribution in [0, 0.1) is 5.82 Å². The summed E-state index contributed by atoms with van der Waals surface area (Å²) in [5.41, 5.74) is 3.70.